The molecule has 1 heterocycles. The van der Waals surface area contributed by atoms with E-state index in [0.29, 0.717) is 0 Å². The number of allylic oxidation sites excluding steroid dienone is 1. The summed E-state index contributed by atoms with van der Waals surface area (Å²) in [6.07, 6.45) is 5.96. The molecule has 0 aliphatic carbocycles. The van der Waals surface area contributed by atoms with Crippen LogP contribution < -0.4 is 5.32 Å². The molecule has 1 unspecified atom stereocenters. The van der Waals surface area contributed by atoms with Gasteiger partial charge in [0.2, 0.25) is 0 Å². The first kappa shape index (κ1) is 6.66. The summed E-state index contributed by atoms with van der Waals surface area (Å²) in [5.74, 6) is 0. The lowest BCUT2D eigenvalue weighted by Gasteiger charge is -2.08. The van der Waals surface area contributed by atoms with E-state index in [0.717, 1.165) is 12.5 Å². The summed E-state index contributed by atoms with van der Waals surface area (Å²) in [6.45, 7) is 4.42. The lowest BCUT2D eigenvalue weighted by molar-refractivity contribution is 0.586. The second kappa shape index (κ2) is 2.90. The van der Waals surface area contributed by atoms with Gasteiger partial charge in [-0.05, 0) is 19.3 Å². The van der Waals surface area contributed by atoms with Crippen molar-refractivity contribution in [2.24, 2.45) is 0 Å². The third-order valence-corrected chi connectivity index (χ3v) is 1.91. The summed E-state index contributed by atoms with van der Waals surface area (Å²) in [6, 6.07) is 0.736. The molecule has 0 saturated heterocycles. The highest BCUT2D eigenvalue weighted by molar-refractivity contribution is 5.08. The van der Waals surface area contributed by atoms with Crippen molar-refractivity contribution in [3.05, 3.63) is 11.8 Å². The summed E-state index contributed by atoms with van der Waals surface area (Å²) >= 11 is 0. The monoisotopic (exact) mass is 125 g/mol. The zero-order chi connectivity index (χ0) is 6.69. The molecule has 0 bridgehead atoms. The Morgan fingerprint density at radius 1 is 1.67 bits per heavy atom. The molecule has 1 atom stereocenters. The van der Waals surface area contributed by atoms with Gasteiger partial charge in [0.15, 0.2) is 0 Å². The van der Waals surface area contributed by atoms with E-state index in [1.54, 1.807) is 0 Å². The number of nitrogens with one attached hydrogen (secondary N) is 1. The summed E-state index contributed by atoms with van der Waals surface area (Å²) in [5.41, 5.74) is 1.43. The van der Waals surface area contributed by atoms with Crippen molar-refractivity contribution in [3.8, 4) is 0 Å². The standard InChI is InChI=1S/C8H15N/c1-3-7-5-6-8(4-2)9-7/h5,8-9H,3-4,6H2,1-2H3. The van der Waals surface area contributed by atoms with Gasteiger partial charge in [-0.1, -0.05) is 19.9 Å². The first-order valence-corrected chi connectivity index (χ1v) is 3.82. The van der Waals surface area contributed by atoms with E-state index in [4.69, 9.17) is 0 Å². The quantitative estimate of drug-likeness (QED) is 0.595. The van der Waals surface area contributed by atoms with Gasteiger partial charge in [0, 0.05) is 11.7 Å². The molecule has 0 radical (unpaired) electrons. The van der Waals surface area contributed by atoms with Gasteiger partial charge >= 0.3 is 0 Å². The van der Waals surface area contributed by atoms with Gasteiger partial charge < -0.3 is 5.32 Å². The highest BCUT2D eigenvalue weighted by Crippen LogP contribution is 2.12. The summed E-state index contributed by atoms with van der Waals surface area (Å²) in [4.78, 5) is 0. The van der Waals surface area contributed by atoms with E-state index >= 15 is 0 Å². The summed E-state index contributed by atoms with van der Waals surface area (Å²) < 4.78 is 0. The Kier molecular flexibility index (Phi) is 2.15. The smallest absolute Gasteiger partial charge is 0.0290 e. The molecule has 1 rings (SSSR count). The van der Waals surface area contributed by atoms with Crippen molar-refractivity contribution < 1.29 is 0 Å². The molecule has 0 aromatic rings. The van der Waals surface area contributed by atoms with Crippen LogP contribution in [0.4, 0.5) is 0 Å². The van der Waals surface area contributed by atoms with E-state index in [1.807, 2.05) is 0 Å². The normalized spacial score (nSPS) is 25.6. The van der Waals surface area contributed by atoms with Crippen molar-refractivity contribution in [3.63, 3.8) is 0 Å². The molecule has 0 aromatic carbocycles. The third-order valence-electron chi connectivity index (χ3n) is 1.91. The average Bonchev–Trinajstić information content (AvgIpc) is 2.34. The first-order valence-electron chi connectivity index (χ1n) is 3.82. The fourth-order valence-electron chi connectivity index (χ4n) is 1.18. The van der Waals surface area contributed by atoms with Crippen LogP contribution in [0.3, 0.4) is 0 Å². The van der Waals surface area contributed by atoms with E-state index in [9.17, 15) is 0 Å². The molecule has 52 valence electrons. The van der Waals surface area contributed by atoms with Crippen LogP contribution in [-0.4, -0.2) is 6.04 Å². The van der Waals surface area contributed by atoms with Crippen molar-refractivity contribution in [2.45, 2.75) is 39.2 Å². The Morgan fingerprint density at radius 3 is 2.78 bits per heavy atom. The first-order chi connectivity index (χ1) is 4.36. The lowest BCUT2D eigenvalue weighted by atomic mass is 10.2. The Balaban J connectivity index is 2.31. The predicted octanol–water partition coefficient (Wildman–Crippen LogP) is 2.05. The van der Waals surface area contributed by atoms with Gasteiger partial charge in [-0.15, -0.1) is 0 Å². The molecule has 0 fully saturated rings. The van der Waals surface area contributed by atoms with E-state index in [1.165, 1.54) is 18.5 Å². The molecule has 1 heteroatoms. The van der Waals surface area contributed by atoms with Crippen LogP contribution in [0.15, 0.2) is 11.8 Å². The molecule has 1 aliphatic heterocycles. The molecular formula is C8H15N. The summed E-state index contributed by atoms with van der Waals surface area (Å²) in [5, 5.41) is 3.45. The second-order valence-electron chi connectivity index (χ2n) is 2.57. The molecule has 1 aliphatic rings. The minimum absolute atomic E-state index is 0.736. The molecule has 9 heavy (non-hydrogen) atoms. The highest BCUT2D eigenvalue weighted by atomic mass is 14.9. The van der Waals surface area contributed by atoms with Crippen LogP contribution in [0.5, 0.6) is 0 Å². The van der Waals surface area contributed by atoms with Crippen LogP contribution in [0.2, 0.25) is 0 Å². The minimum atomic E-state index is 0.736. The van der Waals surface area contributed by atoms with Crippen LogP contribution in [0.1, 0.15) is 33.1 Å². The lowest BCUT2D eigenvalue weighted by Crippen LogP contribution is -2.20. The number of rotatable bonds is 2. The molecule has 1 N–H and O–H groups in total. The fourth-order valence-corrected chi connectivity index (χ4v) is 1.18. The maximum atomic E-state index is 3.45. The van der Waals surface area contributed by atoms with Crippen LogP contribution in [0, 0.1) is 0 Å². The van der Waals surface area contributed by atoms with Gasteiger partial charge in [-0.25, -0.2) is 0 Å². The molecule has 0 saturated carbocycles. The zero-order valence-corrected chi connectivity index (χ0v) is 6.28. The average molecular weight is 125 g/mol. The second-order valence-corrected chi connectivity index (χ2v) is 2.57. The zero-order valence-electron chi connectivity index (χ0n) is 6.28. The Morgan fingerprint density at radius 2 is 2.44 bits per heavy atom. The topological polar surface area (TPSA) is 12.0 Å². The SMILES string of the molecule is CCC1=CCC(CC)N1. The predicted molar refractivity (Wildman–Crippen MR) is 40.2 cm³/mol. The molecular weight excluding hydrogens is 110 g/mol. The molecule has 0 aromatic heterocycles. The number of hydrogen-bond donors (Lipinski definition) is 1. The van der Waals surface area contributed by atoms with Crippen molar-refractivity contribution in [2.75, 3.05) is 0 Å². The van der Waals surface area contributed by atoms with Gasteiger partial charge in [0.25, 0.3) is 0 Å². The van der Waals surface area contributed by atoms with Crippen LogP contribution in [-0.2, 0) is 0 Å². The Labute approximate surface area is 57.1 Å². The largest absolute Gasteiger partial charge is 0.386 e. The van der Waals surface area contributed by atoms with Crippen LogP contribution in [0.25, 0.3) is 0 Å². The van der Waals surface area contributed by atoms with E-state index in [2.05, 4.69) is 25.2 Å². The Bertz CT molecular complexity index is 116. The van der Waals surface area contributed by atoms with Crippen molar-refractivity contribution in [1.82, 2.24) is 5.32 Å². The van der Waals surface area contributed by atoms with Gasteiger partial charge in [0.1, 0.15) is 0 Å². The van der Waals surface area contributed by atoms with Crippen molar-refractivity contribution in [1.29, 1.82) is 0 Å². The molecule has 1 nitrogen and oxygen atoms in total. The van der Waals surface area contributed by atoms with E-state index in [-0.39, 0.29) is 0 Å². The Hall–Kier alpha value is -0.460. The van der Waals surface area contributed by atoms with Crippen molar-refractivity contribution >= 4 is 0 Å². The van der Waals surface area contributed by atoms with E-state index < -0.39 is 0 Å². The van der Waals surface area contributed by atoms with Gasteiger partial charge in [-0.2, -0.15) is 0 Å². The van der Waals surface area contributed by atoms with Gasteiger partial charge in [-0.3, -0.25) is 0 Å². The minimum Gasteiger partial charge on any atom is -0.386 e. The maximum Gasteiger partial charge on any atom is 0.0290 e. The number of hydrogen-bond acceptors (Lipinski definition) is 1. The molecule has 0 spiro atoms. The highest BCUT2D eigenvalue weighted by Gasteiger charge is 2.10. The van der Waals surface area contributed by atoms with Gasteiger partial charge in [0.05, 0.1) is 0 Å². The maximum absolute atomic E-state index is 3.45. The van der Waals surface area contributed by atoms with Crippen LogP contribution >= 0.6 is 0 Å². The summed E-state index contributed by atoms with van der Waals surface area (Å²) in [7, 11) is 0. The fraction of sp³-hybridized carbons (Fsp3) is 0.750. The third kappa shape index (κ3) is 1.47. The molecule has 0 amide bonds.